The van der Waals surface area contributed by atoms with E-state index in [-0.39, 0.29) is 5.02 Å². The van der Waals surface area contributed by atoms with Gasteiger partial charge < -0.3 is 5.11 Å². The van der Waals surface area contributed by atoms with Gasteiger partial charge in [0.2, 0.25) is 0 Å². The average Bonchev–Trinajstić information content (AvgIpc) is 2.39. The highest BCUT2D eigenvalue weighted by Crippen LogP contribution is 2.39. The topological polar surface area (TPSA) is 37.3 Å². The maximum Gasteiger partial charge on any atom is 0.417 e. The first-order valence-corrected chi connectivity index (χ1v) is 5.98. The Morgan fingerprint density at radius 2 is 1.71 bits per heavy atom. The van der Waals surface area contributed by atoms with E-state index in [4.69, 9.17) is 16.7 Å². The van der Waals surface area contributed by atoms with Crippen molar-refractivity contribution in [1.82, 2.24) is 0 Å². The smallest absolute Gasteiger partial charge is 0.417 e. The molecule has 0 aliphatic rings. The summed E-state index contributed by atoms with van der Waals surface area (Å²) in [4.78, 5) is 10.8. The Hall–Kier alpha value is -2.08. The zero-order valence-corrected chi connectivity index (χ0v) is 11.0. The number of aromatic carboxylic acids is 1. The lowest BCUT2D eigenvalue weighted by Gasteiger charge is -2.14. The minimum absolute atomic E-state index is 0.337. The fourth-order valence-corrected chi connectivity index (χ4v) is 2.13. The van der Waals surface area contributed by atoms with Crippen molar-refractivity contribution >= 4 is 17.6 Å². The van der Waals surface area contributed by atoms with E-state index in [9.17, 15) is 22.4 Å². The lowest BCUT2D eigenvalue weighted by atomic mass is 9.97. The summed E-state index contributed by atoms with van der Waals surface area (Å²) in [5.74, 6) is -2.55. The molecular weight excluding hydrogens is 312 g/mol. The van der Waals surface area contributed by atoms with Crippen LogP contribution in [0.1, 0.15) is 15.9 Å². The predicted molar refractivity (Wildman–Crippen MR) is 68.8 cm³/mol. The van der Waals surface area contributed by atoms with Crippen LogP contribution in [-0.2, 0) is 6.18 Å². The van der Waals surface area contributed by atoms with Crippen LogP contribution in [0, 0.1) is 5.82 Å². The molecule has 0 atom stereocenters. The summed E-state index contributed by atoms with van der Waals surface area (Å²) in [6.07, 6.45) is -4.67. The van der Waals surface area contributed by atoms with E-state index in [2.05, 4.69) is 0 Å². The molecule has 0 bridgehead atoms. The SMILES string of the molecule is O=C(O)c1cc(F)c(-c2ccccc2C(F)(F)F)cc1Cl. The van der Waals surface area contributed by atoms with E-state index in [0.29, 0.717) is 6.07 Å². The van der Waals surface area contributed by atoms with Gasteiger partial charge in [0.25, 0.3) is 0 Å². The summed E-state index contributed by atoms with van der Waals surface area (Å²) < 4.78 is 52.7. The molecule has 0 spiro atoms. The summed E-state index contributed by atoms with van der Waals surface area (Å²) in [7, 11) is 0. The van der Waals surface area contributed by atoms with Gasteiger partial charge in [-0.15, -0.1) is 0 Å². The van der Waals surface area contributed by atoms with E-state index >= 15 is 0 Å². The van der Waals surface area contributed by atoms with Gasteiger partial charge >= 0.3 is 12.1 Å². The fraction of sp³-hybridized carbons (Fsp3) is 0.0714. The van der Waals surface area contributed by atoms with E-state index in [1.807, 2.05) is 0 Å². The summed E-state index contributed by atoms with van der Waals surface area (Å²) in [6.45, 7) is 0. The van der Waals surface area contributed by atoms with Crippen molar-refractivity contribution in [2.45, 2.75) is 6.18 Å². The first-order chi connectivity index (χ1) is 9.71. The van der Waals surface area contributed by atoms with Crippen molar-refractivity contribution < 1.29 is 27.5 Å². The summed E-state index contributed by atoms with van der Waals surface area (Å²) in [5, 5.41) is 8.47. The second kappa shape index (κ2) is 5.37. The van der Waals surface area contributed by atoms with E-state index < -0.39 is 40.2 Å². The molecule has 7 heteroatoms. The Balaban J connectivity index is 2.69. The zero-order valence-electron chi connectivity index (χ0n) is 10.2. The number of hydrogen-bond donors (Lipinski definition) is 1. The summed E-state index contributed by atoms with van der Waals surface area (Å²) >= 11 is 5.68. The van der Waals surface area contributed by atoms with Gasteiger partial charge in [-0.1, -0.05) is 29.8 Å². The molecule has 2 nitrogen and oxygen atoms in total. The lowest BCUT2D eigenvalue weighted by molar-refractivity contribution is -0.137. The van der Waals surface area contributed by atoms with Gasteiger partial charge in [0.05, 0.1) is 16.1 Å². The zero-order chi connectivity index (χ0) is 15.8. The monoisotopic (exact) mass is 318 g/mol. The third-order valence-corrected chi connectivity index (χ3v) is 3.12. The Morgan fingerprint density at radius 1 is 1.10 bits per heavy atom. The average molecular weight is 319 g/mol. The van der Waals surface area contributed by atoms with E-state index in [1.165, 1.54) is 12.1 Å². The first-order valence-electron chi connectivity index (χ1n) is 5.60. The summed E-state index contributed by atoms with van der Waals surface area (Å²) in [6, 6.07) is 5.89. The highest BCUT2D eigenvalue weighted by molar-refractivity contribution is 6.33. The quantitative estimate of drug-likeness (QED) is 0.803. The molecule has 0 aromatic heterocycles. The molecule has 0 fully saturated rings. The molecular formula is C14H7ClF4O2. The number of alkyl halides is 3. The van der Waals surface area contributed by atoms with Crippen LogP contribution in [0.25, 0.3) is 11.1 Å². The highest BCUT2D eigenvalue weighted by atomic mass is 35.5. The van der Waals surface area contributed by atoms with Gasteiger partial charge in [-0.2, -0.15) is 13.2 Å². The van der Waals surface area contributed by atoms with Gasteiger partial charge in [-0.05, 0) is 23.8 Å². The number of hydrogen-bond acceptors (Lipinski definition) is 1. The van der Waals surface area contributed by atoms with Crippen LogP contribution in [0.5, 0.6) is 0 Å². The molecule has 2 rings (SSSR count). The third kappa shape index (κ3) is 3.00. The lowest BCUT2D eigenvalue weighted by Crippen LogP contribution is -2.08. The van der Waals surface area contributed by atoms with Crippen molar-refractivity contribution in [2.75, 3.05) is 0 Å². The number of halogens is 5. The number of carboxylic acid groups (broad SMARTS) is 1. The van der Waals surface area contributed by atoms with Crippen molar-refractivity contribution in [3.05, 3.63) is 58.4 Å². The van der Waals surface area contributed by atoms with Gasteiger partial charge in [-0.3, -0.25) is 0 Å². The predicted octanol–water partition coefficient (Wildman–Crippen LogP) is 4.86. The van der Waals surface area contributed by atoms with Crippen LogP contribution in [0.2, 0.25) is 5.02 Å². The van der Waals surface area contributed by atoms with E-state index in [0.717, 1.165) is 18.2 Å². The van der Waals surface area contributed by atoms with Gasteiger partial charge in [-0.25, -0.2) is 9.18 Å². The van der Waals surface area contributed by atoms with Crippen LogP contribution in [0.15, 0.2) is 36.4 Å². The highest BCUT2D eigenvalue weighted by Gasteiger charge is 2.34. The minimum Gasteiger partial charge on any atom is -0.478 e. The number of carbonyl (C=O) groups is 1. The maximum absolute atomic E-state index is 14.0. The Bertz CT molecular complexity index is 711. The van der Waals surface area contributed by atoms with Crippen LogP contribution >= 0.6 is 11.6 Å². The molecule has 21 heavy (non-hydrogen) atoms. The second-order valence-electron chi connectivity index (χ2n) is 4.16. The number of rotatable bonds is 2. The molecule has 110 valence electrons. The molecule has 0 amide bonds. The van der Waals surface area contributed by atoms with Crippen LogP contribution in [-0.4, -0.2) is 11.1 Å². The molecule has 2 aromatic carbocycles. The second-order valence-corrected chi connectivity index (χ2v) is 4.57. The summed E-state index contributed by atoms with van der Waals surface area (Å²) in [5.41, 5.74) is -2.34. The van der Waals surface area contributed by atoms with E-state index in [1.54, 1.807) is 0 Å². The maximum atomic E-state index is 14.0. The van der Waals surface area contributed by atoms with Crippen LogP contribution in [0.3, 0.4) is 0 Å². The van der Waals surface area contributed by atoms with Gasteiger partial charge in [0.1, 0.15) is 5.82 Å². The first kappa shape index (κ1) is 15.3. The van der Waals surface area contributed by atoms with Crippen molar-refractivity contribution in [3.63, 3.8) is 0 Å². The standard InChI is InChI=1S/C14H7ClF4O2/c15-11-5-8(12(16)6-9(11)13(20)21)7-3-1-2-4-10(7)14(17,18)19/h1-6H,(H,20,21). The largest absolute Gasteiger partial charge is 0.478 e. The van der Waals surface area contributed by atoms with Crippen LogP contribution in [0.4, 0.5) is 17.6 Å². The third-order valence-electron chi connectivity index (χ3n) is 2.81. The van der Waals surface area contributed by atoms with Crippen molar-refractivity contribution in [1.29, 1.82) is 0 Å². The Kier molecular flexibility index (Phi) is 3.91. The molecule has 0 aliphatic carbocycles. The molecule has 0 aliphatic heterocycles. The number of benzene rings is 2. The van der Waals surface area contributed by atoms with Crippen molar-refractivity contribution in [3.8, 4) is 11.1 Å². The van der Waals surface area contributed by atoms with Crippen molar-refractivity contribution in [2.24, 2.45) is 0 Å². The van der Waals surface area contributed by atoms with Gasteiger partial charge in [0, 0.05) is 5.56 Å². The fourth-order valence-electron chi connectivity index (χ4n) is 1.88. The number of carboxylic acids is 1. The molecule has 2 aromatic rings. The molecule has 0 heterocycles. The molecule has 1 N–H and O–H groups in total. The van der Waals surface area contributed by atoms with Crippen LogP contribution < -0.4 is 0 Å². The molecule has 0 unspecified atom stereocenters. The molecule has 0 saturated heterocycles. The normalized spacial score (nSPS) is 11.5. The molecule has 0 radical (unpaired) electrons. The van der Waals surface area contributed by atoms with Gasteiger partial charge in [0.15, 0.2) is 0 Å². The molecule has 0 saturated carbocycles. The Morgan fingerprint density at radius 3 is 2.29 bits per heavy atom. The minimum atomic E-state index is -4.67. The Labute approximate surface area is 121 Å².